The van der Waals surface area contributed by atoms with Gasteiger partial charge in [-0.15, -0.1) is 0 Å². The standard InChI is InChI=1S/C16H22FN/c17-16(15-9-5-2-6-10-15)13-18-12-11-14-7-3-1-4-8-14/h1,3-4,7-8,18H,2,5-6,9-13H2. The normalized spacial score (nSPS) is 15.7. The van der Waals surface area contributed by atoms with Crippen molar-refractivity contribution in [1.29, 1.82) is 0 Å². The van der Waals surface area contributed by atoms with Crippen LogP contribution < -0.4 is 5.32 Å². The van der Waals surface area contributed by atoms with Crippen LogP contribution in [0.1, 0.15) is 37.7 Å². The quantitative estimate of drug-likeness (QED) is 0.775. The maximum Gasteiger partial charge on any atom is 0.113 e. The van der Waals surface area contributed by atoms with Gasteiger partial charge in [0.05, 0.1) is 0 Å². The molecule has 1 aromatic carbocycles. The zero-order chi connectivity index (χ0) is 12.6. The van der Waals surface area contributed by atoms with Crippen molar-refractivity contribution in [3.63, 3.8) is 0 Å². The molecule has 0 saturated heterocycles. The second kappa shape index (κ2) is 7.32. The molecule has 18 heavy (non-hydrogen) atoms. The Morgan fingerprint density at radius 3 is 2.50 bits per heavy atom. The molecule has 2 heteroatoms. The Hall–Kier alpha value is -1.15. The van der Waals surface area contributed by atoms with Gasteiger partial charge in [-0.3, -0.25) is 0 Å². The molecule has 1 N–H and O–H groups in total. The van der Waals surface area contributed by atoms with Crippen molar-refractivity contribution in [1.82, 2.24) is 5.32 Å². The van der Waals surface area contributed by atoms with Crippen molar-refractivity contribution < 1.29 is 4.39 Å². The molecule has 0 spiro atoms. The summed E-state index contributed by atoms with van der Waals surface area (Å²) in [7, 11) is 0. The van der Waals surface area contributed by atoms with Crippen LogP contribution in [0.4, 0.5) is 4.39 Å². The highest BCUT2D eigenvalue weighted by molar-refractivity contribution is 5.15. The fraction of sp³-hybridized carbons (Fsp3) is 0.500. The van der Waals surface area contributed by atoms with Gasteiger partial charge in [0, 0.05) is 6.54 Å². The number of halogens is 1. The van der Waals surface area contributed by atoms with Gasteiger partial charge in [-0.25, -0.2) is 4.39 Å². The molecule has 98 valence electrons. The molecule has 1 fully saturated rings. The number of rotatable bonds is 5. The van der Waals surface area contributed by atoms with Crippen molar-refractivity contribution >= 4 is 0 Å². The Morgan fingerprint density at radius 2 is 1.78 bits per heavy atom. The maximum absolute atomic E-state index is 13.8. The van der Waals surface area contributed by atoms with Gasteiger partial charge in [0.25, 0.3) is 0 Å². The summed E-state index contributed by atoms with van der Waals surface area (Å²) < 4.78 is 13.8. The molecule has 0 unspecified atom stereocenters. The van der Waals surface area contributed by atoms with E-state index in [1.807, 2.05) is 18.2 Å². The first-order valence-electron chi connectivity index (χ1n) is 6.97. The second-order valence-electron chi connectivity index (χ2n) is 4.98. The van der Waals surface area contributed by atoms with E-state index < -0.39 is 0 Å². The average Bonchev–Trinajstić information content (AvgIpc) is 2.45. The number of hydrogen-bond donors (Lipinski definition) is 1. The van der Waals surface area contributed by atoms with Crippen molar-refractivity contribution in [2.45, 2.75) is 38.5 Å². The van der Waals surface area contributed by atoms with Crippen LogP contribution in [0, 0.1) is 0 Å². The summed E-state index contributed by atoms with van der Waals surface area (Å²) in [6.07, 6.45) is 6.47. The first-order chi connectivity index (χ1) is 8.86. The number of nitrogens with one attached hydrogen (secondary N) is 1. The molecule has 0 aromatic heterocycles. The fourth-order valence-electron chi connectivity index (χ4n) is 2.45. The molecule has 0 radical (unpaired) electrons. The highest BCUT2D eigenvalue weighted by Gasteiger charge is 2.10. The Kier molecular flexibility index (Phi) is 5.40. The van der Waals surface area contributed by atoms with Gasteiger partial charge in [0.2, 0.25) is 0 Å². The molecule has 0 amide bonds. The van der Waals surface area contributed by atoms with Gasteiger partial charge < -0.3 is 5.32 Å². The van der Waals surface area contributed by atoms with E-state index >= 15 is 0 Å². The molecule has 0 atom stereocenters. The third-order valence-electron chi connectivity index (χ3n) is 3.55. The fourth-order valence-corrected chi connectivity index (χ4v) is 2.45. The number of hydrogen-bond acceptors (Lipinski definition) is 1. The van der Waals surface area contributed by atoms with E-state index in [0.29, 0.717) is 6.54 Å². The lowest BCUT2D eigenvalue weighted by Gasteiger charge is -2.15. The van der Waals surface area contributed by atoms with Crippen LogP contribution >= 0.6 is 0 Å². The summed E-state index contributed by atoms with van der Waals surface area (Å²) in [6, 6.07) is 10.3. The summed E-state index contributed by atoms with van der Waals surface area (Å²) >= 11 is 0. The predicted molar refractivity (Wildman–Crippen MR) is 74.2 cm³/mol. The summed E-state index contributed by atoms with van der Waals surface area (Å²) in [4.78, 5) is 0. The van der Waals surface area contributed by atoms with E-state index in [2.05, 4.69) is 17.4 Å². The van der Waals surface area contributed by atoms with E-state index in [9.17, 15) is 4.39 Å². The first-order valence-corrected chi connectivity index (χ1v) is 6.97. The Labute approximate surface area is 109 Å². The highest BCUT2D eigenvalue weighted by atomic mass is 19.1. The summed E-state index contributed by atoms with van der Waals surface area (Å²) in [5.41, 5.74) is 2.35. The SMILES string of the molecule is FC(CNCCc1ccccc1)=C1CCCCC1. The number of benzene rings is 1. The third kappa shape index (κ3) is 4.26. The lowest BCUT2D eigenvalue weighted by atomic mass is 9.94. The summed E-state index contributed by atoms with van der Waals surface area (Å²) in [6.45, 7) is 1.24. The van der Waals surface area contributed by atoms with Crippen LogP contribution in [0.3, 0.4) is 0 Å². The van der Waals surface area contributed by atoms with Crippen molar-refractivity contribution in [3.05, 3.63) is 47.3 Å². The minimum atomic E-state index is 0.0859. The van der Waals surface area contributed by atoms with E-state index in [0.717, 1.165) is 44.2 Å². The zero-order valence-electron chi connectivity index (χ0n) is 10.9. The van der Waals surface area contributed by atoms with Gasteiger partial charge in [0.15, 0.2) is 0 Å². The first kappa shape index (κ1) is 13.3. The molecule has 1 aliphatic carbocycles. The minimum absolute atomic E-state index is 0.0859. The smallest absolute Gasteiger partial charge is 0.113 e. The second-order valence-corrected chi connectivity index (χ2v) is 4.98. The molecule has 0 aliphatic heterocycles. The van der Waals surface area contributed by atoms with Crippen molar-refractivity contribution in [2.75, 3.05) is 13.1 Å². The van der Waals surface area contributed by atoms with Crippen LogP contribution in [0.2, 0.25) is 0 Å². The van der Waals surface area contributed by atoms with E-state index in [-0.39, 0.29) is 5.83 Å². The van der Waals surface area contributed by atoms with Crippen LogP contribution in [-0.4, -0.2) is 13.1 Å². The molecule has 0 bridgehead atoms. The van der Waals surface area contributed by atoms with Crippen LogP contribution in [-0.2, 0) is 6.42 Å². The lowest BCUT2D eigenvalue weighted by molar-refractivity contribution is 0.515. The van der Waals surface area contributed by atoms with Gasteiger partial charge in [-0.05, 0) is 49.8 Å². The zero-order valence-corrected chi connectivity index (χ0v) is 10.9. The molecule has 2 rings (SSSR count). The number of allylic oxidation sites excluding steroid dienone is 1. The van der Waals surface area contributed by atoms with Gasteiger partial charge in [0.1, 0.15) is 5.83 Å². The van der Waals surface area contributed by atoms with Gasteiger partial charge in [-0.2, -0.15) is 0 Å². The van der Waals surface area contributed by atoms with E-state index in [1.54, 1.807) is 0 Å². The molecule has 1 aromatic rings. The minimum Gasteiger partial charge on any atom is -0.310 e. The van der Waals surface area contributed by atoms with Crippen LogP contribution in [0.15, 0.2) is 41.7 Å². The monoisotopic (exact) mass is 247 g/mol. The van der Waals surface area contributed by atoms with Gasteiger partial charge in [-0.1, -0.05) is 36.8 Å². The average molecular weight is 247 g/mol. The molecule has 0 heterocycles. The summed E-state index contributed by atoms with van der Waals surface area (Å²) in [5, 5.41) is 3.20. The van der Waals surface area contributed by atoms with Crippen LogP contribution in [0.25, 0.3) is 0 Å². The Balaban J connectivity index is 1.69. The Bertz CT molecular complexity index is 375. The van der Waals surface area contributed by atoms with Crippen molar-refractivity contribution in [3.8, 4) is 0 Å². The van der Waals surface area contributed by atoms with Gasteiger partial charge >= 0.3 is 0 Å². The van der Waals surface area contributed by atoms with Crippen LogP contribution in [0.5, 0.6) is 0 Å². The molecule has 1 aliphatic rings. The lowest BCUT2D eigenvalue weighted by Crippen LogP contribution is -2.20. The highest BCUT2D eigenvalue weighted by Crippen LogP contribution is 2.25. The topological polar surface area (TPSA) is 12.0 Å². The Morgan fingerprint density at radius 1 is 1.06 bits per heavy atom. The molecular weight excluding hydrogens is 225 g/mol. The van der Waals surface area contributed by atoms with E-state index in [1.165, 1.54) is 12.0 Å². The molecule has 1 nitrogen and oxygen atoms in total. The predicted octanol–water partition coefficient (Wildman–Crippen LogP) is 4.01. The third-order valence-corrected chi connectivity index (χ3v) is 3.55. The van der Waals surface area contributed by atoms with E-state index in [4.69, 9.17) is 0 Å². The molecule has 1 saturated carbocycles. The summed E-state index contributed by atoms with van der Waals surface area (Å²) in [5.74, 6) is 0.0859. The maximum atomic E-state index is 13.8. The largest absolute Gasteiger partial charge is 0.310 e. The van der Waals surface area contributed by atoms with Crippen molar-refractivity contribution in [2.24, 2.45) is 0 Å². The molecular formula is C16H22FN.